The van der Waals surface area contributed by atoms with Gasteiger partial charge in [0.2, 0.25) is 0 Å². The second kappa shape index (κ2) is 3.84. The molecular formula is C11H10ClNO. The third-order valence-corrected chi connectivity index (χ3v) is 2.50. The quantitative estimate of drug-likeness (QED) is 0.755. The van der Waals surface area contributed by atoms with Crippen LogP contribution in [0.2, 0.25) is 5.02 Å². The van der Waals surface area contributed by atoms with Gasteiger partial charge >= 0.3 is 0 Å². The number of hydrogen-bond donors (Lipinski definition) is 1. The predicted octanol–water partition coefficient (Wildman–Crippen LogP) is 2.90. The zero-order valence-corrected chi connectivity index (χ0v) is 8.33. The van der Waals surface area contributed by atoms with Crippen molar-refractivity contribution in [2.45, 2.75) is 6.42 Å². The van der Waals surface area contributed by atoms with Gasteiger partial charge in [0.25, 0.3) is 0 Å². The number of phenols is 1. The lowest BCUT2D eigenvalue weighted by Crippen LogP contribution is -1.94. The summed E-state index contributed by atoms with van der Waals surface area (Å²) in [6.45, 7) is 0.809. The van der Waals surface area contributed by atoms with Crippen molar-refractivity contribution in [3.63, 3.8) is 0 Å². The van der Waals surface area contributed by atoms with Crippen molar-refractivity contribution in [2.75, 3.05) is 6.54 Å². The Kier molecular flexibility index (Phi) is 2.55. The van der Waals surface area contributed by atoms with Crippen LogP contribution in [0.15, 0.2) is 29.3 Å². The van der Waals surface area contributed by atoms with E-state index >= 15 is 0 Å². The molecule has 1 heterocycles. The molecule has 1 N–H and O–H groups in total. The van der Waals surface area contributed by atoms with Crippen LogP contribution in [0.1, 0.15) is 12.0 Å². The molecule has 72 valence electrons. The van der Waals surface area contributed by atoms with Crippen LogP contribution in [-0.4, -0.2) is 17.9 Å². The molecule has 1 aromatic rings. The normalized spacial score (nSPS) is 15.4. The van der Waals surface area contributed by atoms with Crippen LogP contribution < -0.4 is 0 Å². The fraction of sp³-hybridized carbons (Fsp3) is 0.182. The SMILES string of the molecule is Oc1ccc(C2=CC=NCC2)c(Cl)c1. The lowest BCUT2D eigenvalue weighted by Gasteiger charge is -2.10. The summed E-state index contributed by atoms with van der Waals surface area (Å²) in [5.41, 5.74) is 2.15. The van der Waals surface area contributed by atoms with Gasteiger partial charge in [0, 0.05) is 12.8 Å². The molecule has 1 aliphatic rings. The summed E-state index contributed by atoms with van der Waals surface area (Å²) < 4.78 is 0. The zero-order valence-electron chi connectivity index (χ0n) is 7.57. The average Bonchev–Trinajstić information content (AvgIpc) is 2.19. The Labute approximate surface area is 87.6 Å². The average molecular weight is 208 g/mol. The summed E-state index contributed by atoms with van der Waals surface area (Å²) >= 11 is 6.02. The van der Waals surface area contributed by atoms with Gasteiger partial charge in [-0.2, -0.15) is 0 Å². The van der Waals surface area contributed by atoms with E-state index in [4.69, 9.17) is 11.6 Å². The predicted molar refractivity (Wildman–Crippen MR) is 59.1 cm³/mol. The largest absolute Gasteiger partial charge is 0.508 e. The van der Waals surface area contributed by atoms with Gasteiger partial charge in [0.15, 0.2) is 0 Å². The van der Waals surface area contributed by atoms with Crippen LogP contribution >= 0.6 is 11.6 Å². The summed E-state index contributed by atoms with van der Waals surface area (Å²) in [5, 5.41) is 9.80. The summed E-state index contributed by atoms with van der Waals surface area (Å²) in [7, 11) is 0. The molecular weight excluding hydrogens is 198 g/mol. The number of halogens is 1. The first-order chi connectivity index (χ1) is 6.77. The molecule has 0 saturated carbocycles. The van der Waals surface area contributed by atoms with E-state index in [9.17, 15) is 5.11 Å². The lowest BCUT2D eigenvalue weighted by atomic mass is 10.0. The first kappa shape index (κ1) is 9.28. The molecule has 1 aromatic carbocycles. The van der Waals surface area contributed by atoms with Crippen molar-refractivity contribution in [3.8, 4) is 5.75 Å². The van der Waals surface area contributed by atoms with E-state index in [1.807, 2.05) is 12.1 Å². The zero-order chi connectivity index (χ0) is 9.97. The number of aliphatic imine (C=N–C) groups is 1. The molecule has 1 aliphatic heterocycles. The van der Waals surface area contributed by atoms with Crippen LogP contribution in [0.5, 0.6) is 5.75 Å². The van der Waals surface area contributed by atoms with Gasteiger partial charge in [-0.1, -0.05) is 11.6 Å². The molecule has 0 aliphatic carbocycles. The van der Waals surface area contributed by atoms with E-state index in [1.165, 1.54) is 5.57 Å². The van der Waals surface area contributed by atoms with Crippen LogP contribution in [0, 0.1) is 0 Å². The fourth-order valence-corrected chi connectivity index (χ4v) is 1.77. The van der Waals surface area contributed by atoms with Crippen molar-refractivity contribution < 1.29 is 5.11 Å². The Bertz CT molecular complexity index is 410. The van der Waals surface area contributed by atoms with Crippen molar-refractivity contribution in [1.82, 2.24) is 0 Å². The summed E-state index contributed by atoms with van der Waals surface area (Å²) in [4.78, 5) is 4.11. The number of phenolic OH excluding ortho intramolecular Hbond substituents is 1. The van der Waals surface area contributed by atoms with Gasteiger partial charge in [-0.25, -0.2) is 0 Å². The van der Waals surface area contributed by atoms with Crippen LogP contribution in [0.4, 0.5) is 0 Å². The van der Waals surface area contributed by atoms with Crippen molar-refractivity contribution >= 4 is 23.4 Å². The molecule has 0 radical (unpaired) electrons. The van der Waals surface area contributed by atoms with E-state index < -0.39 is 0 Å². The minimum Gasteiger partial charge on any atom is -0.508 e. The third kappa shape index (κ3) is 1.80. The first-order valence-corrected chi connectivity index (χ1v) is 4.83. The monoisotopic (exact) mass is 207 g/mol. The van der Waals surface area contributed by atoms with E-state index in [2.05, 4.69) is 4.99 Å². The van der Waals surface area contributed by atoms with Gasteiger partial charge in [-0.05, 0) is 41.8 Å². The van der Waals surface area contributed by atoms with Gasteiger partial charge in [-0.3, -0.25) is 4.99 Å². The molecule has 0 atom stereocenters. The molecule has 0 bridgehead atoms. The van der Waals surface area contributed by atoms with Gasteiger partial charge in [0.1, 0.15) is 5.75 Å². The van der Waals surface area contributed by atoms with Gasteiger partial charge in [-0.15, -0.1) is 0 Å². The number of aromatic hydroxyl groups is 1. The Balaban J connectivity index is 2.41. The standard InChI is InChI=1S/C11H10ClNO/c12-11-7-9(14)1-2-10(11)8-3-5-13-6-4-8/h1-3,5,7,14H,4,6H2. The molecule has 0 unspecified atom stereocenters. The Morgan fingerprint density at radius 2 is 2.21 bits per heavy atom. The minimum absolute atomic E-state index is 0.198. The number of hydrogen-bond acceptors (Lipinski definition) is 2. The Morgan fingerprint density at radius 1 is 1.36 bits per heavy atom. The van der Waals surface area contributed by atoms with Crippen molar-refractivity contribution in [2.24, 2.45) is 4.99 Å². The molecule has 0 fully saturated rings. The number of dihydropyridines is 1. The molecule has 14 heavy (non-hydrogen) atoms. The van der Waals surface area contributed by atoms with Crippen LogP contribution in [0.25, 0.3) is 5.57 Å². The second-order valence-electron chi connectivity index (χ2n) is 3.16. The van der Waals surface area contributed by atoms with E-state index in [0.717, 1.165) is 18.5 Å². The number of allylic oxidation sites excluding steroid dienone is 1. The van der Waals surface area contributed by atoms with E-state index in [0.29, 0.717) is 5.02 Å². The first-order valence-electron chi connectivity index (χ1n) is 4.45. The highest BCUT2D eigenvalue weighted by atomic mass is 35.5. The summed E-state index contributed by atoms with van der Waals surface area (Å²) in [6.07, 6.45) is 4.66. The highest BCUT2D eigenvalue weighted by Crippen LogP contribution is 2.29. The maximum absolute atomic E-state index is 9.21. The fourth-order valence-electron chi connectivity index (χ4n) is 1.47. The summed E-state index contributed by atoms with van der Waals surface area (Å²) in [5.74, 6) is 0.198. The minimum atomic E-state index is 0.198. The number of rotatable bonds is 1. The number of benzene rings is 1. The Morgan fingerprint density at radius 3 is 2.86 bits per heavy atom. The molecule has 0 aromatic heterocycles. The molecule has 2 rings (SSSR count). The highest BCUT2D eigenvalue weighted by Gasteiger charge is 2.08. The molecule has 0 spiro atoms. The topological polar surface area (TPSA) is 32.6 Å². The lowest BCUT2D eigenvalue weighted by molar-refractivity contribution is 0.475. The van der Waals surface area contributed by atoms with Crippen molar-refractivity contribution in [3.05, 3.63) is 34.9 Å². The summed E-state index contributed by atoms with van der Waals surface area (Å²) in [6, 6.07) is 5.04. The van der Waals surface area contributed by atoms with Crippen molar-refractivity contribution in [1.29, 1.82) is 0 Å². The maximum Gasteiger partial charge on any atom is 0.117 e. The maximum atomic E-state index is 9.21. The van der Waals surface area contributed by atoms with Crippen LogP contribution in [-0.2, 0) is 0 Å². The third-order valence-electron chi connectivity index (χ3n) is 2.19. The highest BCUT2D eigenvalue weighted by molar-refractivity contribution is 6.32. The number of nitrogens with zero attached hydrogens (tertiary/aromatic N) is 1. The van der Waals surface area contributed by atoms with Gasteiger partial charge in [0.05, 0.1) is 5.02 Å². The second-order valence-corrected chi connectivity index (χ2v) is 3.57. The van der Waals surface area contributed by atoms with Gasteiger partial charge < -0.3 is 5.11 Å². The van der Waals surface area contributed by atoms with Crippen LogP contribution in [0.3, 0.4) is 0 Å². The van der Waals surface area contributed by atoms with E-state index in [1.54, 1.807) is 18.3 Å². The molecule has 3 heteroatoms. The smallest absolute Gasteiger partial charge is 0.117 e. The van der Waals surface area contributed by atoms with E-state index in [-0.39, 0.29) is 5.75 Å². The molecule has 2 nitrogen and oxygen atoms in total. The Hall–Kier alpha value is -1.28. The molecule has 0 saturated heterocycles. The molecule has 0 amide bonds.